The molecule has 0 amide bonds. The van der Waals surface area contributed by atoms with Gasteiger partial charge in [0.1, 0.15) is 0 Å². The molecular formula is C16H8BrIS. The Hall–Kier alpha value is -0.650. The maximum absolute atomic E-state index is 3.54. The number of thiophene rings is 1. The molecule has 3 heteroatoms. The maximum Gasteiger partial charge on any atom is 0.0433 e. The molecule has 0 saturated carbocycles. The fraction of sp³-hybridized carbons (Fsp3) is 0. The molecule has 0 nitrogen and oxygen atoms in total. The summed E-state index contributed by atoms with van der Waals surface area (Å²) in [5, 5.41) is 5.38. The van der Waals surface area contributed by atoms with Crippen LogP contribution >= 0.6 is 49.9 Å². The molecule has 1 aromatic heterocycles. The van der Waals surface area contributed by atoms with Gasteiger partial charge in [-0.3, -0.25) is 0 Å². The van der Waals surface area contributed by atoms with E-state index in [1.54, 1.807) is 0 Å². The molecule has 1 heterocycles. The van der Waals surface area contributed by atoms with Gasteiger partial charge in [0.05, 0.1) is 0 Å². The Morgan fingerprint density at radius 1 is 0.842 bits per heavy atom. The maximum atomic E-state index is 3.54. The van der Waals surface area contributed by atoms with Crippen LogP contribution in [0.4, 0.5) is 0 Å². The van der Waals surface area contributed by atoms with Gasteiger partial charge in [-0.25, -0.2) is 0 Å². The van der Waals surface area contributed by atoms with Crippen LogP contribution in [0.3, 0.4) is 0 Å². The monoisotopic (exact) mass is 438 g/mol. The van der Waals surface area contributed by atoms with Crippen molar-refractivity contribution in [3.63, 3.8) is 0 Å². The van der Waals surface area contributed by atoms with Gasteiger partial charge in [0.15, 0.2) is 0 Å². The number of hydrogen-bond donors (Lipinski definition) is 0. The Balaban J connectivity index is 2.25. The van der Waals surface area contributed by atoms with Crippen molar-refractivity contribution in [1.82, 2.24) is 0 Å². The number of halogens is 2. The summed E-state index contributed by atoms with van der Waals surface area (Å²) in [6.45, 7) is 0. The topological polar surface area (TPSA) is 0 Å². The van der Waals surface area contributed by atoms with E-state index in [4.69, 9.17) is 0 Å². The van der Waals surface area contributed by atoms with Gasteiger partial charge in [-0.2, -0.15) is 0 Å². The van der Waals surface area contributed by atoms with Gasteiger partial charge in [0.25, 0.3) is 0 Å². The minimum atomic E-state index is 1.13. The minimum absolute atomic E-state index is 1.13. The first-order chi connectivity index (χ1) is 9.22. The SMILES string of the molecule is Brc1ccc2c(ccc3c4cc(I)ccc4sc23)c1. The summed E-state index contributed by atoms with van der Waals surface area (Å²) >= 11 is 7.81. The number of hydrogen-bond acceptors (Lipinski definition) is 1. The van der Waals surface area contributed by atoms with Crippen LogP contribution < -0.4 is 0 Å². The Bertz CT molecular complexity index is 940. The fourth-order valence-corrected chi connectivity index (χ4v) is 4.59. The summed E-state index contributed by atoms with van der Waals surface area (Å²) in [4.78, 5) is 0. The molecule has 4 rings (SSSR count). The van der Waals surface area contributed by atoms with Gasteiger partial charge >= 0.3 is 0 Å². The van der Waals surface area contributed by atoms with Crippen LogP contribution in [0.25, 0.3) is 30.9 Å². The highest BCUT2D eigenvalue weighted by atomic mass is 127. The second-order valence-electron chi connectivity index (χ2n) is 4.55. The highest BCUT2D eigenvalue weighted by Gasteiger charge is 2.08. The molecule has 0 fully saturated rings. The first-order valence-corrected chi connectivity index (χ1v) is 8.61. The summed E-state index contributed by atoms with van der Waals surface area (Å²) < 4.78 is 5.18. The van der Waals surface area contributed by atoms with Crippen LogP contribution in [0.1, 0.15) is 0 Å². The van der Waals surface area contributed by atoms with Crippen LogP contribution in [-0.4, -0.2) is 0 Å². The molecule has 0 aliphatic rings. The van der Waals surface area contributed by atoms with E-state index in [-0.39, 0.29) is 0 Å². The third kappa shape index (κ3) is 1.90. The van der Waals surface area contributed by atoms with Gasteiger partial charge in [-0.15, -0.1) is 11.3 Å². The first kappa shape index (κ1) is 12.1. The van der Waals surface area contributed by atoms with Crippen LogP contribution in [0, 0.1) is 3.57 Å². The Morgan fingerprint density at radius 3 is 2.58 bits per heavy atom. The predicted molar refractivity (Wildman–Crippen MR) is 97.3 cm³/mol. The van der Waals surface area contributed by atoms with E-state index in [0.717, 1.165) is 4.47 Å². The molecule has 0 N–H and O–H groups in total. The van der Waals surface area contributed by atoms with Crippen molar-refractivity contribution in [3.8, 4) is 0 Å². The van der Waals surface area contributed by atoms with Crippen LogP contribution in [0.15, 0.2) is 53.0 Å². The van der Waals surface area contributed by atoms with Gasteiger partial charge in [-0.1, -0.05) is 34.1 Å². The third-order valence-electron chi connectivity index (χ3n) is 3.38. The number of rotatable bonds is 0. The molecule has 0 aliphatic heterocycles. The van der Waals surface area contributed by atoms with E-state index in [1.165, 1.54) is 34.5 Å². The molecule has 92 valence electrons. The van der Waals surface area contributed by atoms with Crippen molar-refractivity contribution in [1.29, 1.82) is 0 Å². The molecule has 0 saturated heterocycles. The predicted octanol–water partition coefficient (Wildman–Crippen LogP) is 6.57. The summed E-state index contributed by atoms with van der Waals surface area (Å²) in [7, 11) is 0. The highest BCUT2D eigenvalue weighted by Crippen LogP contribution is 2.39. The van der Waals surface area contributed by atoms with Crippen LogP contribution in [0.2, 0.25) is 0 Å². The van der Waals surface area contributed by atoms with E-state index >= 15 is 0 Å². The fourth-order valence-electron chi connectivity index (χ4n) is 2.51. The van der Waals surface area contributed by atoms with E-state index in [9.17, 15) is 0 Å². The van der Waals surface area contributed by atoms with Gasteiger partial charge < -0.3 is 0 Å². The van der Waals surface area contributed by atoms with Crippen molar-refractivity contribution < 1.29 is 0 Å². The van der Waals surface area contributed by atoms with Gasteiger partial charge in [0.2, 0.25) is 0 Å². The zero-order valence-electron chi connectivity index (χ0n) is 9.78. The van der Waals surface area contributed by atoms with Crippen molar-refractivity contribution in [2.45, 2.75) is 0 Å². The minimum Gasteiger partial charge on any atom is -0.135 e. The largest absolute Gasteiger partial charge is 0.135 e. The highest BCUT2D eigenvalue weighted by molar-refractivity contribution is 14.1. The quantitative estimate of drug-likeness (QED) is 0.272. The van der Waals surface area contributed by atoms with Crippen molar-refractivity contribution in [3.05, 3.63) is 56.6 Å². The average Bonchev–Trinajstić information content (AvgIpc) is 2.76. The molecule has 0 bridgehead atoms. The molecule has 0 atom stereocenters. The normalized spacial score (nSPS) is 11.7. The number of fused-ring (bicyclic) bond motifs is 5. The molecule has 0 spiro atoms. The van der Waals surface area contributed by atoms with Crippen LogP contribution in [0.5, 0.6) is 0 Å². The van der Waals surface area contributed by atoms with E-state index in [0.29, 0.717) is 0 Å². The van der Waals surface area contributed by atoms with Gasteiger partial charge in [-0.05, 0) is 63.7 Å². The summed E-state index contributed by atoms with van der Waals surface area (Å²) in [6.07, 6.45) is 0. The molecule has 0 unspecified atom stereocenters. The first-order valence-electron chi connectivity index (χ1n) is 5.92. The summed E-state index contributed by atoms with van der Waals surface area (Å²) in [5.74, 6) is 0. The smallest absolute Gasteiger partial charge is 0.0433 e. The third-order valence-corrected chi connectivity index (χ3v) is 5.76. The van der Waals surface area contributed by atoms with E-state index in [1.807, 2.05) is 11.3 Å². The summed E-state index contributed by atoms with van der Waals surface area (Å²) in [6, 6.07) is 17.7. The Kier molecular flexibility index (Phi) is 2.83. The second kappa shape index (κ2) is 4.43. The molecular weight excluding hydrogens is 431 g/mol. The summed E-state index contributed by atoms with van der Waals surface area (Å²) in [5.41, 5.74) is 0. The van der Waals surface area contributed by atoms with Crippen molar-refractivity contribution in [2.75, 3.05) is 0 Å². The lowest BCUT2D eigenvalue weighted by Crippen LogP contribution is -1.74. The molecule has 4 aromatic rings. The zero-order valence-corrected chi connectivity index (χ0v) is 14.3. The van der Waals surface area contributed by atoms with Crippen molar-refractivity contribution >= 4 is 80.8 Å². The molecule has 3 aromatic carbocycles. The Morgan fingerprint density at radius 2 is 1.68 bits per heavy atom. The van der Waals surface area contributed by atoms with Gasteiger partial charge in [0, 0.05) is 28.2 Å². The standard InChI is InChI=1S/C16H8BrIS/c17-10-2-5-12-9(7-10)1-4-13-14-8-11(18)3-6-15(14)19-16(12)13/h1-8H. The lowest BCUT2D eigenvalue weighted by atomic mass is 10.1. The average molecular weight is 439 g/mol. The van der Waals surface area contributed by atoms with E-state index < -0.39 is 0 Å². The molecule has 0 aliphatic carbocycles. The molecule has 0 radical (unpaired) electrons. The van der Waals surface area contributed by atoms with Crippen LogP contribution in [-0.2, 0) is 0 Å². The lowest BCUT2D eigenvalue weighted by molar-refractivity contribution is 1.74. The number of benzene rings is 3. The zero-order chi connectivity index (χ0) is 13.0. The van der Waals surface area contributed by atoms with E-state index in [2.05, 4.69) is 87.1 Å². The lowest BCUT2D eigenvalue weighted by Gasteiger charge is -2.00. The van der Waals surface area contributed by atoms with Crippen molar-refractivity contribution in [2.24, 2.45) is 0 Å². The second-order valence-corrected chi connectivity index (χ2v) is 7.76. The molecule has 19 heavy (non-hydrogen) atoms. The Labute approximate surface area is 136 Å².